The van der Waals surface area contributed by atoms with Crippen molar-refractivity contribution < 1.29 is 9.53 Å². The molecule has 4 aromatic rings. The summed E-state index contributed by atoms with van der Waals surface area (Å²) < 4.78 is 5.79. The maximum absolute atomic E-state index is 13.3. The predicted molar refractivity (Wildman–Crippen MR) is 119 cm³/mol. The predicted octanol–water partition coefficient (Wildman–Crippen LogP) is 4.76. The van der Waals surface area contributed by atoms with E-state index in [2.05, 4.69) is 4.98 Å². The van der Waals surface area contributed by atoms with Gasteiger partial charge in [0.1, 0.15) is 12.4 Å². The Morgan fingerprint density at radius 2 is 1.73 bits per heavy atom. The molecule has 0 bridgehead atoms. The van der Waals surface area contributed by atoms with Gasteiger partial charge >= 0.3 is 0 Å². The van der Waals surface area contributed by atoms with Crippen LogP contribution in [0.4, 0.5) is 0 Å². The van der Waals surface area contributed by atoms with Crippen LogP contribution in [0.1, 0.15) is 15.9 Å². The highest BCUT2D eigenvalue weighted by molar-refractivity contribution is 6.07. The quantitative estimate of drug-likeness (QED) is 0.471. The first-order chi connectivity index (χ1) is 14.6. The number of carbonyl (C=O) groups excluding carboxylic acids is 1. The van der Waals surface area contributed by atoms with Crippen molar-refractivity contribution in [3.63, 3.8) is 0 Å². The van der Waals surface area contributed by atoms with E-state index >= 15 is 0 Å². The van der Waals surface area contributed by atoms with Crippen molar-refractivity contribution in [2.75, 3.05) is 20.2 Å². The van der Waals surface area contributed by atoms with Crippen molar-refractivity contribution in [1.29, 1.82) is 0 Å². The first kappa shape index (κ1) is 19.6. The second-order valence-electron chi connectivity index (χ2n) is 7.20. The van der Waals surface area contributed by atoms with Gasteiger partial charge in [0.15, 0.2) is 0 Å². The van der Waals surface area contributed by atoms with Crippen LogP contribution in [0.25, 0.3) is 22.2 Å². The van der Waals surface area contributed by atoms with E-state index in [-0.39, 0.29) is 5.91 Å². The molecule has 150 valence electrons. The molecule has 30 heavy (non-hydrogen) atoms. The van der Waals surface area contributed by atoms with Gasteiger partial charge in [-0.3, -0.25) is 9.78 Å². The molecule has 0 saturated carbocycles. The molecule has 0 N–H and O–H groups in total. The van der Waals surface area contributed by atoms with Crippen LogP contribution in [-0.2, 0) is 0 Å². The molecule has 0 aliphatic heterocycles. The zero-order chi connectivity index (χ0) is 20.9. The summed E-state index contributed by atoms with van der Waals surface area (Å²) in [6.07, 6.45) is 3.45. The average Bonchev–Trinajstić information content (AvgIpc) is 2.79. The van der Waals surface area contributed by atoms with Crippen LogP contribution in [0.3, 0.4) is 0 Å². The molecule has 4 rings (SSSR count). The molecule has 0 aliphatic carbocycles. The molecule has 0 radical (unpaired) electrons. The van der Waals surface area contributed by atoms with Gasteiger partial charge in [-0.15, -0.1) is 0 Å². The summed E-state index contributed by atoms with van der Waals surface area (Å²) in [7, 11) is 1.79. The summed E-state index contributed by atoms with van der Waals surface area (Å²) in [6.45, 7) is 2.94. The maximum atomic E-state index is 13.3. The lowest BCUT2D eigenvalue weighted by Crippen LogP contribution is -2.31. The Hall–Kier alpha value is -3.73. The minimum atomic E-state index is -0.0589. The molecule has 0 saturated heterocycles. The zero-order valence-corrected chi connectivity index (χ0v) is 17.1. The number of para-hydroxylation sites is 1. The van der Waals surface area contributed by atoms with Crippen LogP contribution >= 0.6 is 0 Å². The SMILES string of the molecule is Cc1ccc(OCCN(C)C(=O)c2cc(-c3ccncc3)nc3ccccc23)cc1. The van der Waals surface area contributed by atoms with E-state index in [0.717, 1.165) is 27.9 Å². The first-order valence-electron chi connectivity index (χ1n) is 9.87. The number of hydrogen-bond acceptors (Lipinski definition) is 4. The second-order valence-corrected chi connectivity index (χ2v) is 7.20. The maximum Gasteiger partial charge on any atom is 0.254 e. The van der Waals surface area contributed by atoms with Gasteiger partial charge in [-0.1, -0.05) is 35.9 Å². The largest absolute Gasteiger partial charge is 0.492 e. The topological polar surface area (TPSA) is 55.3 Å². The van der Waals surface area contributed by atoms with Gasteiger partial charge in [0, 0.05) is 30.4 Å². The molecule has 0 spiro atoms. The number of carbonyl (C=O) groups is 1. The number of aryl methyl sites for hydroxylation is 1. The van der Waals surface area contributed by atoms with Crippen LogP contribution in [0, 0.1) is 6.92 Å². The van der Waals surface area contributed by atoms with E-state index in [9.17, 15) is 4.79 Å². The molecular weight excluding hydrogens is 374 g/mol. The fraction of sp³-hybridized carbons (Fsp3) is 0.160. The Labute approximate surface area is 176 Å². The van der Waals surface area contributed by atoms with Crippen LogP contribution in [0.15, 0.2) is 79.1 Å². The molecule has 2 heterocycles. The summed E-state index contributed by atoms with van der Waals surface area (Å²) in [5.41, 5.74) is 4.29. The first-order valence-corrected chi connectivity index (χ1v) is 9.87. The smallest absolute Gasteiger partial charge is 0.254 e. The van der Waals surface area contributed by atoms with Gasteiger partial charge < -0.3 is 9.64 Å². The number of likely N-dealkylation sites (N-methyl/N-ethyl adjacent to an activating group) is 1. The van der Waals surface area contributed by atoms with E-state index in [0.29, 0.717) is 18.7 Å². The summed E-state index contributed by atoms with van der Waals surface area (Å²) >= 11 is 0. The highest BCUT2D eigenvalue weighted by Crippen LogP contribution is 2.25. The van der Waals surface area contributed by atoms with E-state index in [4.69, 9.17) is 9.72 Å². The number of ether oxygens (including phenoxy) is 1. The van der Waals surface area contributed by atoms with Gasteiger partial charge in [-0.05, 0) is 43.3 Å². The van der Waals surface area contributed by atoms with Gasteiger partial charge in [-0.25, -0.2) is 4.98 Å². The van der Waals surface area contributed by atoms with Crippen LogP contribution in [-0.4, -0.2) is 41.0 Å². The van der Waals surface area contributed by atoms with Crippen LogP contribution < -0.4 is 4.74 Å². The van der Waals surface area contributed by atoms with Crippen molar-refractivity contribution in [1.82, 2.24) is 14.9 Å². The van der Waals surface area contributed by atoms with Crippen LogP contribution in [0.2, 0.25) is 0 Å². The van der Waals surface area contributed by atoms with Gasteiger partial charge in [-0.2, -0.15) is 0 Å². The molecular formula is C25H23N3O2. The number of amides is 1. The highest BCUT2D eigenvalue weighted by atomic mass is 16.5. The van der Waals surface area contributed by atoms with Crippen molar-refractivity contribution in [2.45, 2.75) is 6.92 Å². The summed E-state index contributed by atoms with van der Waals surface area (Å²) in [4.78, 5) is 23.7. The zero-order valence-electron chi connectivity index (χ0n) is 17.1. The Balaban J connectivity index is 1.56. The number of aromatic nitrogens is 2. The minimum absolute atomic E-state index is 0.0589. The Morgan fingerprint density at radius 3 is 2.50 bits per heavy atom. The fourth-order valence-corrected chi connectivity index (χ4v) is 3.26. The lowest BCUT2D eigenvalue weighted by molar-refractivity contribution is 0.0775. The molecule has 2 aromatic carbocycles. The minimum Gasteiger partial charge on any atom is -0.492 e. The van der Waals surface area contributed by atoms with Crippen molar-refractivity contribution in [3.8, 4) is 17.0 Å². The molecule has 0 unspecified atom stereocenters. The summed E-state index contributed by atoms with van der Waals surface area (Å²) in [5.74, 6) is 0.743. The number of hydrogen-bond donors (Lipinski definition) is 0. The summed E-state index contributed by atoms with van der Waals surface area (Å²) in [6, 6.07) is 21.3. The van der Waals surface area contributed by atoms with Crippen LogP contribution in [0.5, 0.6) is 5.75 Å². The molecule has 2 aromatic heterocycles. The molecule has 5 heteroatoms. The number of pyridine rings is 2. The van der Waals surface area contributed by atoms with Crippen molar-refractivity contribution in [3.05, 3.63) is 90.3 Å². The molecule has 0 atom stereocenters. The Morgan fingerprint density at radius 1 is 1.00 bits per heavy atom. The normalized spacial score (nSPS) is 10.7. The fourth-order valence-electron chi connectivity index (χ4n) is 3.26. The van der Waals surface area contributed by atoms with E-state index in [1.807, 2.05) is 73.7 Å². The van der Waals surface area contributed by atoms with Crippen molar-refractivity contribution >= 4 is 16.8 Å². The molecule has 0 fully saturated rings. The molecule has 5 nitrogen and oxygen atoms in total. The third-order valence-electron chi connectivity index (χ3n) is 4.99. The van der Waals surface area contributed by atoms with Gasteiger partial charge in [0.2, 0.25) is 0 Å². The second kappa shape index (κ2) is 8.74. The molecule has 1 amide bonds. The number of nitrogens with zero attached hydrogens (tertiary/aromatic N) is 3. The van der Waals surface area contributed by atoms with Gasteiger partial charge in [0.05, 0.1) is 23.3 Å². The van der Waals surface area contributed by atoms with Gasteiger partial charge in [0.25, 0.3) is 5.91 Å². The third-order valence-corrected chi connectivity index (χ3v) is 4.99. The Bertz CT molecular complexity index is 1160. The monoisotopic (exact) mass is 397 g/mol. The average molecular weight is 397 g/mol. The van der Waals surface area contributed by atoms with E-state index in [1.54, 1.807) is 24.3 Å². The van der Waals surface area contributed by atoms with Crippen molar-refractivity contribution in [2.24, 2.45) is 0 Å². The lowest BCUT2D eigenvalue weighted by atomic mass is 10.0. The third kappa shape index (κ3) is 4.30. The number of fused-ring (bicyclic) bond motifs is 1. The number of benzene rings is 2. The Kier molecular flexibility index (Phi) is 5.70. The highest BCUT2D eigenvalue weighted by Gasteiger charge is 2.17. The lowest BCUT2D eigenvalue weighted by Gasteiger charge is -2.19. The van der Waals surface area contributed by atoms with E-state index < -0.39 is 0 Å². The number of rotatable bonds is 6. The van der Waals surface area contributed by atoms with E-state index in [1.165, 1.54) is 5.56 Å². The standard InChI is InChI=1S/C25H23N3O2/c1-18-7-9-20(10-8-18)30-16-15-28(2)25(29)22-17-24(19-11-13-26-14-12-19)27-23-6-4-3-5-21(22)23/h3-14,17H,15-16H2,1-2H3. The molecule has 0 aliphatic rings. The summed E-state index contributed by atoms with van der Waals surface area (Å²) in [5, 5.41) is 0.839.